The van der Waals surface area contributed by atoms with E-state index in [4.69, 9.17) is 4.74 Å². The first-order chi connectivity index (χ1) is 11.9. The van der Waals surface area contributed by atoms with E-state index in [0.717, 1.165) is 24.6 Å². The maximum Gasteiger partial charge on any atom is 0.337 e. The average molecular weight is 476 g/mol. The van der Waals surface area contributed by atoms with Crippen molar-refractivity contribution in [3.05, 3.63) is 35.4 Å². The maximum atomic E-state index is 11.4. The molecule has 148 valence electrons. The SMILES string of the molecule is CN=C(NCCN(C(C)C)C(C)C)NCc1ccc(C(=O)OC)cc1.I. The molecule has 2 N–H and O–H groups in total. The van der Waals surface area contributed by atoms with Gasteiger partial charge >= 0.3 is 5.97 Å². The molecule has 0 bridgehead atoms. The summed E-state index contributed by atoms with van der Waals surface area (Å²) in [5.41, 5.74) is 1.62. The number of rotatable bonds is 8. The van der Waals surface area contributed by atoms with Crippen molar-refractivity contribution in [1.29, 1.82) is 0 Å². The fraction of sp³-hybridized carbons (Fsp3) is 0.579. The lowest BCUT2D eigenvalue weighted by Crippen LogP contribution is -2.45. The Balaban J connectivity index is 0.00000625. The number of carbonyl (C=O) groups excluding carboxylic acids is 1. The molecule has 0 heterocycles. The molecule has 0 aliphatic rings. The summed E-state index contributed by atoms with van der Waals surface area (Å²) >= 11 is 0. The van der Waals surface area contributed by atoms with Crippen LogP contribution in [-0.4, -0.2) is 56.2 Å². The minimum Gasteiger partial charge on any atom is -0.465 e. The lowest BCUT2D eigenvalue weighted by atomic mass is 10.1. The van der Waals surface area contributed by atoms with E-state index >= 15 is 0 Å². The molecule has 0 fully saturated rings. The first kappa shape index (κ1) is 24.7. The molecule has 0 aliphatic heterocycles. The normalized spacial score (nSPS) is 11.5. The van der Waals surface area contributed by atoms with E-state index in [2.05, 4.69) is 48.2 Å². The summed E-state index contributed by atoms with van der Waals surface area (Å²) in [5, 5.41) is 6.63. The van der Waals surface area contributed by atoms with Crippen LogP contribution in [0.25, 0.3) is 0 Å². The molecule has 0 radical (unpaired) electrons. The predicted octanol–water partition coefficient (Wildman–Crippen LogP) is 2.88. The lowest BCUT2D eigenvalue weighted by Gasteiger charge is -2.30. The summed E-state index contributed by atoms with van der Waals surface area (Å²) in [5.74, 6) is 0.446. The van der Waals surface area contributed by atoms with Gasteiger partial charge in [0.05, 0.1) is 12.7 Å². The quantitative estimate of drug-likeness (QED) is 0.262. The van der Waals surface area contributed by atoms with E-state index in [1.807, 2.05) is 12.1 Å². The third-order valence-corrected chi connectivity index (χ3v) is 4.05. The lowest BCUT2D eigenvalue weighted by molar-refractivity contribution is 0.0600. The highest BCUT2D eigenvalue weighted by atomic mass is 127. The van der Waals surface area contributed by atoms with Gasteiger partial charge in [0, 0.05) is 38.8 Å². The zero-order chi connectivity index (χ0) is 18.8. The Morgan fingerprint density at radius 2 is 1.69 bits per heavy atom. The monoisotopic (exact) mass is 476 g/mol. The van der Waals surface area contributed by atoms with Gasteiger partial charge in [-0.05, 0) is 45.4 Å². The van der Waals surface area contributed by atoms with E-state index in [1.165, 1.54) is 7.11 Å². The smallest absolute Gasteiger partial charge is 0.337 e. The van der Waals surface area contributed by atoms with Crippen LogP contribution in [0.2, 0.25) is 0 Å². The number of methoxy groups -OCH3 is 1. The Labute approximate surface area is 174 Å². The van der Waals surface area contributed by atoms with E-state index in [-0.39, 0.29) is 29.9 Å². The molecule has 26 heavy (non-hydrogen) atoms. The number of hydrogen-bond donors (Lipinski definition) is 2. The van der Waals surface area contributed by atoms with Gasteiger partial charge in [-0.1, -0.05) is 12.1 Å². The Morgan fingerprint density at radius 1 is 1.12 bits per heavy atom. The van der Waals surface area contributed by atoms with Gasteiger partial charge in [0.1, 0.15) is 0 Å². The highest BCUT2D eigenvalue weighted by molar-refractivity contribution is 14.0. The molecule has 1 aromatic carbocycles. The molecule has 1 rings (SSSR count). The van der Waals surface area contributed by atoms with Crippen molar-refractivity contribution in [1.82, 2.24) is 15.5 Å². The van der Waals surface area contributed by atoms with Gasteiger partial charge in [-0.25, -0.2) is 4.79 Å². The van der Waals surface area contributed by atoms with Crippen LogP contribution in [-0.2, 0) is 11.3 Å². The summed E-state index contributed by atoms with van der Waals surface area (Å²) in [4.78, 5) is 18.1. The number of hydrogen-bond acceptors (Lipinski definition) is 4. The summed E-state index contributed by atoms with van der Waals surface area (Å²) in [6, 6.07) is 8.39. The van der Waals surface area contributed by atoms with Crippen LogP contribution in [0.4, 0.5) is 0 Å². The zero-order valence-electron chi connectivity index (χ0n) is 16.7. The molecule has 6 nitrogen and oxygen atoms in total. The van der Waals surface area contributed by atoms with Crippen LogP contribution in [0.1, 0.15) is 43.6 Å². The molecular formula is C19H33IN4O2. The number of ether oxygens (including phenoxy) is 1. The van der Waals surface area contributed by atoms with Crippen LogP contribution in [0.15, 0.2) is 29.3 Å². The Kier molecular flexibility index (Phi) is 12.2. The van der Waals surface area contributed by atoms with Gasteiger partial charge in [-0.2, -0.15) is 0 Å². The highest BCUT2D eigenvalue weighted by Crippen LogP contribution is 2.06. The van der Waals surface area contributed by atoms with Crippen molar-refractivity contribution in [2.24, 2.45) is 4.99 Å². The Morgan fingerprint density at radius 3 is 2.15 bits per heavy atom. The largest absolute Gasteiger partial charge is 0.465 e. The Hall–Kier alpha value is -1.35. The van der Waals surface area contributed by atoms with Crippen LogP contribution < -0.4 is 10.6 Å². The summed E-state index contributed by atoms with van der Waals surface area (Å²) < 4.78 is 4.70. The Bertz CT molecular complexity index is 551. The van der Waals surface area contributed by atoms with Gasteiger partial charge in [0.15, 0.2) is 5.96 Å². The zero-order valence-corrected chi connectivity index (χ0v) is 19.0. The predicted molar refractivity (Wildman–Crippen MR) is 118 cm³/mol. The van der Waals surface area contributed by atoms with Gasteiger partial charge in [0.25, 0.3) is 0 Å². The van der Waals surface area contributed by atoms with Crippen molar-refractivity contribution >= 4 is 35.9 Å². The van der Waals surface area contributed by atoms with Crippen molar-refractivity contribution < 1.29 is 9.53 Å². The highest BCUT2D eigenvalue weighted by Gasteiger charge is 2.12. The minimum atomic E-state index is -0.322. The maximum absolute atomic E-state index is 11.4. The van der Waals surface area contributed by atoms with Gasteiger partial charge in [0.2, 0.25) is 0 Å². The molecule has 0 saturated carbocycles. The number of nitrogens with one attached hydrogen (secondary N) is 2. The van der Waals surface area contributed by atoms with Crippen molar-refractivity contribution in [3.8, 4) is 0 Å². The molecule has 0 unspecified atom stereocenters. The number of carbonyl (C=O) groups is 1. The van der Waals surface area contributed by atoms with Gasteiger partial charge < -0.3 is 15.4 Å². The fourth-order valence-corrected chi connectivity index (χ4v) is 2.70. The molecule has 0 spiro atoms. The third-order valence-electron chi connectivity index (χ3n) is 4.05. The molecule has 1 aromatic rings. The van der Waals surface area contributed by atoms with Crippen LogP contribution in [0.5, 0.6) is 0 Å². The number of guanidine groups is 1. The summed E-state index contributed by atoms with van der Waals surface area (Å²) in [7, 11) is 3.14. The number of nitrogens with zero attached hydrogens (tertiary/aromatic N) is 2. The standard InChI is InChI=1S/C19H32N4O2.HI/c1-14(2)23(15(3)4)12-11-21-19(20-5)22-13-16-7-9-17(10-8-16)18(24)25-6;/h7-10,14-15H,11-13H2,1-6H3,(H2,20,21,22);1H. The average Bonchev–Trinajstić information content (AvgIpc) is 2.60. The first-order valence-corrected chi connectivity index (χ1v) is 8.76. The minimum absolute atomic E-state index is 0. The van der Waals surface area contributed by atoms with Gasteiger partial charge in [-0.15, -0.1) is 24.0 Å². The van der Waals surface area contributed by atoms with Crippen molar-refractivity contribution in [2.45, 2.75) is 46.3 Å². The molecule has 7 heteroatoms. The molecule has 0 saturated heterocycles. The van der Waals surface area contributed by atoms with Gasteiger partial charge in [-0.3, -0.25) is 9.89 Å². The van der Waals surface area contributed by atoms with Crippen LogP contribution >= 0.6 is 24.0 Å². The summed E-state index contributed by atoms with van der Waals surface area (Å²) in [6.45, 7) is 11.3. The number of benzene rings is 1. The second-order valence-electron chi connectivity index (χ2n) is 6.47. The third kappa shape index (κ3) is 8.35. The second-order valence-corrected chi connectivity index (χ2v) is 6.47. The molecule has 0 atom stereocenters. The van der Waals surface area contributed by atoms with E-state index in [1.54, 1.807) is 19.2 Å². The molecular weight excluding hydrogens is 443 g/mol. The van der Waals surface area contributed by atoms with Crippen molar-refractivity contribution in [2.75, 3.05) is 27.2 Å². The topological polar surface area (TPSA) is 66.0 Å². The van der Waals surface area contributed by atoms with E-state index < -0.39 is 0 Å². The van der Waals surface area contributed by atoms with Crippen LogP contribution in [0.3, 0.4) is 0 Å². The van der Waals surface area contributed by atoms with E-state index in [9.17, 15) is 4.79 Å². The van der Waals surface area contributed by atoms with Crippen molar-refractivity contribution in [3.63, 3.8) is 0 Å². The fourth-order valence-electron chi connectivity index (χ4n) is 2.70. The molecule has 0 aliphatic carbocycles. The molecule has 0 amide bonds. The number of esters is 1. The number of aliphatic imine (C=N–C) groups is 1. The molecule has 0 aromatic heterocycles. The second kappa shape index (κ2) is 12.9. The summed E-state index contributed by atoms with van der Waals surface area (Å²) in [6.07, 6.45) is 0. The number of halogens is 1. The van der Waals surface area contributed by atoms with E-state index in [0.29, 0.717) is 24.2 Å². The first-order valence-electron chi connectivity index (χ1n) is 8.76. The van der Waals surface area contributed by atoms with Crippen LogP contribution in [0, 0.1) is 0 Å².